The van der Waals surface area contributed by atoms with Crippen molar-refractivity contribution >= 4 is 11.6 Å². The normalized spacial score (nSPS) is 10.1. The molecular weight excluding hydrogens is 200 g/mol. The van der Waals surface area contributed by atoms with Crippen molar-refractivity contribution in [3.63, 3.8) is 0 Å². The van der Waals surface area contributed by atoms with Crippen molar-refractivity contribution in [2.24, 2.45) is 0 Å². The molecule has 0 spiro atoms. The van der Waals surface area contributed by atoms with E-state index >= 15 is 0 Å². The fourth-order valence-electron chi connectivity index (χ4n) is 1.13. The second-order valence-electron chi connectivity index (χ2n) is 3.07. The Balaban J connectivity index is 2.18. The number of hydrogen-bond acceptors (Lipinski definition) is 1. The highest BCUT2D eigenvalue weighted by molar-refractivity contribution is 6.17. The van der Waals surface area contributed by atoms with Crippen LogP contribution in [0.25, 0.3) is 0 Å². The Morgan fingerprint density at radius 1 is 1.21 bits per heavy atom. The molecule has 0 aliphatic rings. The summed E-state index contributed by atoms with van der Waals surface area (Å²) in [6.07, 6.45) is 3.07. The Morgan fingerprint density at radius 2 is 2.07 bits per heavy atom. The Kier molecular flexibility index (Phi) is 5.23. The molecule has 0 saturated heterocycles. The lowest BCUT2D eigenvalue weighted by atomic mass is 10.2. The highest BCUT2D eigenvalue weighted by Crippen LogP contribution is 2.18. The first kappa shape index (κ1) is 11.2. The molecule has 0 fully saturated rings. The van der Waals surface area contributed by atoms with Crippen LogP contribution in [0, 0.1) is 0 Å². The van der Waals surface area contributed by atoms with E-state index in [0.29, 0.717) is 18.2 Å². The van der Waals surface area contributed by atoms with Crippen molar-refractivity contribution in [3.05, 3.63) is 24.3 Å². The summed E-state index contributed by atoms with van der Waals surface area (Å²) in [7, 11) is 0. The summed E-state index contributed by atoms with van der Waals surface area (Å²) < 4.78 is 5.39. The lowest BCUT2D eigenvalue weighted by molar-refractivity contribution is 0.300. The minimum absolute atomic E-state index is 0.0109. The van der Waals surface area contributed by atoms with Crippen LogP contribution >= 0.6 is 11.6 Å². The van der Waals surface area contributed by atoms with E-state index in [-0.39, 0.29) is 5.75 Å². The second kappa shape index (κ2) is 6.55. The molecule has 0 N–H and O–H groups in total. The second-order valence-corrected chi connectivity index (χ2v) is 3.45. The molecule has 1 aromatic rings. The van der Waals surface area contributed by atoms with Gasteiger partial charge < -0.3 is 4.74 Å². The molecule has 3 heteroatoms. The molecule has 0 atom stereocenters. The quantitative estimate of drug-likeness (QED) is 0.524. The van der Waals surface area contributed by atoms with E-state index < -0.39 is 0 Å². The van der Waals surface area contributed by atoms with Crippen LogP contribution in [0.15, 0.2) is 24.3 Å². The van der Waals surface area contributed by atoms with Crippen molar-refractivity contribution in [1.29, 1.82) is 0 Å². The van der Waals surface area contributed by atoms with E-state index in [4.69, 9.17) is 16.3 Å². The Bertz CT molecular complexity index is 263. The number of ether oxygens (including phenoxy) is 1. The number of hydrogen-bond donors (Lipinski definition) is 0. The van der Waals surface area contributed by atoms with Crippen LogP contribution in [0.5, 0.6) is 11.5 Å². The van der Waals surface area contributed by atoms with E-state index in [1.165, 1.54) is 12.1 Å². The van der Waals surface area contributed by atoms with Crippen LogP contribution in [0.2, 0.25) is 0 Å². The largest absolute Gasteiger partial charge is 0.493 e. The molecule has 77 valence electrons. The summed E-state index contributed by atoms with van der Waals surface area (Å²) in [5.74, 6) is 1.35. The summed E-state index contributed by atoms with van der Waals surface area (Å²) >= 11 is 5.54. The first-order chi connectivity index (χ1) is 6.83. The summed E-state index contributed by atoms with van der Waals surface area (Å²) in [6.45, 7) is 0.653. The lowest BCUT2D eigenvalue weighted by Crippen LogP contribution is -1.96. The number of benzene rings is 1. The molecule has 0 aromatic heterocycles. The molecule has 0 amide bonds. The Morgan fingerprint density at radius 3 is 2.79 bits per heavy atom. The first-order valence-corrected chi connectivity index (χ1v) is 5.32. The smallest absolute Gasteiger partial charge is 0.182 e. The molecule has 1 aromatic carbocycles. The van der Waals surface area contributed by atoms with Gasteiger partial charge in [-0.1, -0.05) is 6.07 Å². The molecule has 0 unspecified atom stereocenters. The highest BCUT2D eigenvalue weighted by Gasteiger charge is 1.96. The van der Waals surface area contributed by atoms with Crippen LogP contribution < -0.4 is 4.74 Å². The zero-order chi connectivity index (χ0) is 10.2. The predicted octanol–water partition coefficient (Wildman–Crippen LogP) is 3.62. The third kappa shape index (κ3) is 4.38. The van der Waals surface area contributed by atoms with Gasteiger partial charge in [-0.15, -0.1) is 11.6 Å². The van der Waals surface area contributed by atoms with Crippen molar-refractivity contribution in [2.45, 2.75) is 19.3 Å². The topological polar surface area (TPSA) is 29.1 Å². The van der Waals surface area contributed by atoms with Gasteiger partial charge in [-0.05, 0) is 31.4 Å². The fourth-order valence-corrected chi connectivity index (χ4v) is 1.32. The third-order valence-electron chi connectivity index (χ3n) is 1.85. The van der Waals surface area contributed by atoms with Crippen molar-refractivity contribution < 1.29 is 9.84 Å². The standard InChI is InChI=1S/C11H14ClO2/c12-7-2-1-3-8-14-11-6-4-5-10(13)9-11/h4-6,9H,1-3,7-8H2. The van der Waals surface area contributed by atoms with E-state index in [2.05, 4.69) is 0 Å². The molecule has 0 saturated carbocycles. The van der Waals surface area contributed by atoms with Crippen LogP contribution in [0.1, 0.15) is 19.3 Å². The van der Waals surface area contributed by atoms with Crippen molar-refractivity contribution in [1.82, 2.24) is 0 Å². The lowest BCUT2D eigenvalue weighted by Gasteiger charge is -2.04. The van der Waals surface area contributed by atoms with Gasteiger partial charge in [0, 0.05) is 11.9 Å². The highest BCUT2D eigenvalue weighted by atomic mass is 35.5. The summed E-state index contributed by atoms with van der Waals surface area (Å²) in [4.78, 5) is 0. The molecule has 0 bridgehead atoms. The summed E-state index contributed by atoms with van der Waals surface area (Å²) in [5, 5.41) is 10.9. The molecule has 14 heavy (non-hydrogen) atoms. The van der Waals surface area contributed by atoms with Gasteiger partial charge in [0.05, 0.1) is 6.61 Å². The number of alkyl halides is 1. The van der Waals surface area contributed by atoms with E-state index in [1.54, 1.807) is 12.1 Å². The molecular formula is C11H14ClO2. The molecule has 0 heterocycles. The predicted molar refractivity (Wildman–Crippen MR) is 56.6 cm³/mol. The number of halogens is 1. The Labute approximate surface area is 89.5 Å². The van der Waals surface area contributed by atoms with E-state index in [1.807, 2.05) is 0 Å². The van der Waals surface area contributed by atoms with Crippen LogP contribution in [0.4, 0.5) is 0 Å². The number of rotatable bonds is 6. The SMILES string of the molecule is [O]c1cccc(OCCCCCCl)c1. The van der Waals surface area contributed by atoms with Gasteiger partial charge >= 0.3 is 0 Å². The van der Waals surface area contributed by atoms with Crippen LogP contribution in [-0.2, 0) is 5.11 Å². The third-order valence-corrected chi connectivity index (χ3v) is 2.12. The van der Waals surface area contributed by atoms with Crippen molar-refractivity contribution in [3.8, 4) is 11.5 Å². The molecule has 0 aliphatic carbocycles. The summed E-state index contributed by atoms with van der Waals surface area (Å²) in [5.41, 5.74) is 0. The van der Waals surface area contributed by atoms with Crippen LogP contribution in [-0.4, -0.2) is 12.5 Å². The van der Waals surface area contributed by atoms with E-state index in [0.717, 1.165) is 19.3 Å². The molecule has 1 rings (SSSR count). The molecule has 0 aliphatic heterocycles. The van der Waals surface area contributed by atoms with Gasteiger partial charge in [-0.3, -0.25) is 5.11 Å². The fraction of sp³-hybridized carbons (Fsp3) is 0.455. The maximum Gasteiger partial charge on any atom is 0.182 e. The average Bonchev–Trinajstić information content (AvgIpc) is 2.18. The maximum absolute atomic E-state index is 10.9. The van der Waals surface area contributed by atoms with E-state index in [9.17, 15) is 5.11 Å². The van der Waals surface area contributed by atoms with Gasteiger partial charge in [-0.2, -0.15) is 0 Å². The van der Waals surface area contributed by atoms with Crippen molar-refractivity contribution in [2.75, 3.05) is 12.5 Å². The van der Waals surface area contributed by atoms with Gasteiger partial charge in [-0.25, -0.2) is 0 Å². The first-order valence-electron chi connectivity index (χ1n) is 4.79. The van der Waals surface area contributed by atoms with Gasteiger partial charge in [0.2, 0.25) is 0 Å². The van der Waals surface area contributed by atoms with Gasteiger partial charge in [0.1, 0.15) is 5.75 Å². The Hall–Kier alpha value is -0.890. The molecule has 1 radical (unpaired) electrons. The summed E-state index contributed by atoms with van der Waals surface area (Å²) in [6, 6.07) is 6.52. The van der Waals surface area contributed by atoms with Gasteiger partial charge in [0.25, 0.3) is 0 Å². The maximum atomic E-state index is 10.9. The zero-order valence-corrected chi connectivity index (χ0v) is 8.80. The minimum Gasteiger partial charge on any atom is -0.493 e. The monoisotopic (exact) mass is 213 g/mol. The molecule has 2 nitrogen and oxygen atoms in total. The number of unbranched alkanes of at least 4 members (excludes halogenated alkanes) is 2. The van der Waals surface area contributed by atoms with Crippen LogP contribution in [0.3, 0.4) is 0 Å². The average molecular weight is 214 g/mol. The zero-order valence-electron chi connectivity index (χ0n) is 8.04. The minimum atomic E-state index is -0.0109. The van der Waals surface area contributed by atoms with Gasteiger partial charge in [0.15, 0.2) is 5.75 Å².